The molecule has 2 aromatic rings. The van der Waals surface area contributed by atoms with Gasteiger partial charge in [0.15, 0.2) is 0 Å². The molecule has 1 fully saturated rings. The highest BCUT2D eigenvalue weighted by atomic mass is 79.9. The van der Waals surface area contributed by atoms with Gasteiger partial charge in [-0.1, -0.05) is 0 Å². The van der Waals surface area contributed by atoms with Gasteiger partial charge in [-0.05, 0) is 47.5 Å². The lowest BCUT2D eigenvalue weighted by atomic mass is 10.2. The zero-order chi connectivity index (χ0) is 17.3. The van der Waals surface area contributed by atoms with E-state index in [0.717, 1.165) is 47.3 Å². The van der Waals surface area contributed by atoms with Crippen LogP contribution in [0.1, 0.15) is 12.1 Å². The van der Waals surface area contributed by atoms with Gasteiger partial charge in [0, 0.05) is 50.9 Å². The van der Waals surface area contributed by atoms with Crippen molar-refractivity contribution in [3.63, 3.8) is 0 Å². The van der Waals surface area contributed by atoms with E-state index in [1.165, 1.54) is 0 Å². The lowest BCUT2D eigenvalue weighted by Gasteiger charge is -2.26. The Hall–Kier alpha value is -1.89. The smallest absolute Gasteiger partial charge is 0.226 e. The van der Waals surface area contributed by atoms with Crippen LogP contribution < -0.4 is 14.7 Å². The van der Waals surface area contributed by atoms with E-state index in [0.29, 0.717) is 6.04 Å². The lowest BCUT2D eigenvalue weighted by Crippen LogP contribution is -2.35. The molecule has 6 nitrogen and oxygen atoms in total. The molecule has 0 N–H and O–H groups in total. The van der Waals surface area contributed by atoms with Crippen LogP contribution in [0.25, 0.3) is 0 Å². The number of rotatable bonds is 4. The second-order valence-electron chi connectivity index (χ2n) is 6.35. The zero-order valence-corrected chi connectivity index (χ0v) is 16.2. The second-order valence-corrected chi connectivity index (χ2v) is 7.20. The summed E-state index contributed by atoms with van der Waals surface area (Å²) in [6, 6.07) is 6.54. The standard InChI is InChI=1S/C17H23BrN6/c1-12-14(18)5-6-16(20-12)24-10-8-13(11-24)23(4)15-7-9-19-17(21-15)22(2)3/h5-7,9,13H,8,10-11H2,1-4H3. The van der Waals surface area contributed by atoms with Crippen molar-refractivity contribution < 1.29 is 0 Å². The fourth-order valence-electron chi connectivity index (χ4n) is 2.91. The molecule has 0 saturated carbocycles. The third-order valence-corrected chi connectivity index (χ3v) is 5.27. The van der Waals surface area contributed by atoms with Crippen molar-refractivity contribution in [2.24, 2.45) is 0 Å². The fourth-order valence-corrected chi connectivity index (χ4v) is 3.13. The molecule has 0 radical (unpaired) electrons. The minimum Gasteiger partial charge on any atom is -0.355 e. The largest absolute Gasteiger partial charge is 0.355 e. The number of anilines is 3. The summed E-state index contributed by atoms with van der Waals surface area (Å²) in [5.41, 5.74) is 1.02. The third kappa shape index (κ3) is 3.45. The molecule has 2 aromatic heterocycles. The molecule has 1 saturated heterocycles. The Morgan fingerprint density at radius 2 is 1.96 bits per heavy atom. The maximum Gasteiger partial charge on any atom is 0.226 e. The lowest BCUT2D eigenvalue weighted by molar-refractivity contribution is 0.682. The van der Waals surface area contributed by atoms with Crippen LogP contribution >= 0.6 is 15.9 Å². The van der Waals surface area contributed by atoms with Crippen LogP contribution in [0.15, 0.2) is 28.9 Å². The Kier molecular flexibility index (Phi) is 4.89. The van der Waals surface area contributed by atoms with Gasteiger partial charge >= 0.3 is 0 Å². The highest BCUT2D eigenvalue weighted by Crippen LogP contribution is 2.26. The van der Waals surface area contributed by atoms with Gasteiger partial charge in [-0.25, -0.2) is 9.97 Å². The fraction of sp³-hybridized carbons (Fsp3) is 0.471. The van der Waals surface area contributed by atoms with Crippen LogP contribution in [0.5, 0.6) is 0 Å². The molecule has 1 aliphatic heterocycles. The van der Waals surface area contributed by atoms with E-state index < -0.39 is 0 Å². The second kappa shape index (κ2) is 6.93. The molecule has 7 heteroatoms. The van der Waals surface area contributed by atoms with Crippen molar-refractivity contribution in [2.75, 3.05) is 48.9 Å². The minimum absolute atomic E-state index is 0.417. The van der Waals surface area contributed by atoms with Gasteiger partial charge in [0.25, 0.3) is 0 Å². The van der Waals surface area contributed by atoms with Crippen molar-refractivity contribution >= 4 is 33.5 Å². The van der Waals surface area contributed by atoms with Crippen LogP contribution in [0.2, 0.25) is 0 Å². The number of aryl methyl sites for hydroxylation is 1. The molecule has 1 aliphatic rings. The Morgan fingerprint density at radius 3 is 2.67 bits per heavy atom. The van der Waals surface area contributed by atoms with E-state index in [9.17, 15) is 0 Å². The van der Waals surface area contributed by atoms with Crippen molar-refractivity contribution in [3.8, 4) is 0 Å². The summed E-state index contributed by atoms with van der Waals surface area (Å²) in [4.78, 5) is 20.1. The summed E-state index contributed by atoms with van der Waals surface area (Å²) in [7, 11) is 6.02. The first kappa shape index (κ1) is 17.0. The number of nitrogens with zero attached hydrogens (tertiary/aromatic N) is 6. The first-order valence-corrected chi connectivity index (χ1v) is 8.86. The van der Waals surface area contributed by atoms with E-state index in [-0.39, 0.29) is 0 Å². The molecule has 3 rings (SSSR count). The molecule has 1 unspecified atom stereocenters. The molecule has 1 atom stereocenters. The van der Waals surface area contributed by atoms with Crippen molar-refractivity contribution in [2.45, 2.75) is 19.4 Å². The van der Waals surface area contributed by atoms with Crippen LogP contribution in [0, 0.1) is 6.92 Å². The zero-order valence-electron chi connectivity index (χ0n) is 14.6. The molecule has 24 heavy (non-hydrogen) atoms. The Bertz CT molecular complexity index is 720. The van der Waals surface area contributed by atoms with E-state index in [1.54, 1.807) is 0 Å². The average molecular weight is 391 g/mol. The molecule has 0 amide bonds. The maximum absolute atomic E-state index is 4.69. The average Bonchev–Trinajstić information content (AvgIpc) is 3.06. The van der Waals surface area contributed by atoms with Gasteiger partial charge in [0.1, 0.15) is 11.6 Å². The molecule has 0 aliphatic carbocycles. The summed E-state index contributed by atoms with van der Waals surface area (Å²) in [6.45, 7) is 3.98. The molecule has 128 valence electrons. The van der Waals surface area contributed by atoms with Crippen LogP contribution in [-0.2, 0) is 0 Å². The molecule has 3 heterocycles. The molecule has 0 spiro atoms. The third-order valence-electron chi connectivity index (χ3n) is 4.43. The first-order valence-electron chi connectivity index (χ1n) is 8.07. The van der Waals surface area contributed by atoms with Gasteiger partial charge in [-0.15, -0.1) is 0 Å². The monoisotopic (exact) mass is 390 g/mol. The van der Waals surface area contributed by atoms with Crippen LogP contribution in [0.4, 0.5) is 17.6 Å². The van der Waals surface area contributed by atoms with Gasteiger partial charge in [0.05, 0.1) is 5.69 Å². The molecular formula is C17H23BrN6. The number of pyridine rings is 1. The summed E-state index contributed by atoms with van der Waals surface area (Å²) < 4.78 is 1.05. The predicted octanol–water partition coefficient (Wildman–Crippen LogP) is 2.72. The maximum atomic E-state index is 4.69. The van der Waals surface area contributed by atoms with Gasteiger partial charge < -0.3 is 14.7 Å². The first-order chi connectivity index (χ1) is 11.5. The topological polar surface area (TPSA) is 48.4 Å². The number of likely N-dealkylation sites (N-methyl/N-ethyl adjacent to an activating group) is 1. The molecule has 0 bridgehead atoms. The van der Waals surface area contributed by atoms with Crippen LogP contribution in [0.3, 0.4) is 0 Å². The molecule has 0 aromatic carbocycles. The summed E-state index contributed by atoms with van der Waals surface area (Å²) in [5.74, 6) is 2.74. The number of aromatic nitrogens is 3. The summed E-state index contributed by atoms with van der Waals surface area (Å²) in [6.07, 6.45) is 2.91. The highest BCUT2D eigenvalue weighted by molar-refractivity contribution is 9.10. The summed E-state index contributed by atoms with van der Waals surface area (Å²) >= 11 is 3.51. The highest BCUT2D eigenvalue weighted by Gasteiger charge is 2.27. The normalized spacial score (nSPS) is 17.2. The number of halogens is 1. The quantitative estimate of drug-likeness (QED) is 0.799. The van der Waals surface area contributed by atoms with Crippen molar-refractivity contribution in [1.82, 2.24) is 15.0 Å². The van der Waals surface area contributed by atoms with Crippen LogP contribution in [-0.4, -0.2) is 55.2 Å². The van der Waals surface area contributed by atoms with Gasteiger partial charge in [-0.2, -0.15) is 4.98 Å². The SMILES string of the molecule is Cc1nc(N2CCC(N(C)c3ccnc(N(C)C)n3)C2)ccc1Br. The van der Waals surface area contributed by atoms with Gasteiger partial charge in [-0.3, -0.25) is 0 Å². The Balaban J connectivity index is 1.72. The van der Waals surface area contributed by atoms with E-state index >= 15 is 0 Å². The van der Waals surface area contributed by atoms with Crippen molar-refractivity contribution in [3.05, 3.63) is 34.6 Å². The summed E-state index contributed by atoms with van der Waals surface area (Å²) in [5, 5.41) is 0. The number of hydrogen-bond donors (Lipinski definition) is 0. The Morgan fingerprint density at radius 1 is 1.17 bits per heavy atom. The molecular weight excluding hydrogens is 368 g/mol. The van der Waals surface area contributed by atoms with Crippen molar-refractivity contribution in [1.29, 1.82) is 0 Å². The Labute approximate surface area is 151 Å². The van der Waals surface area contributed by atoms with E-state index in [1.807, 2.05) is 38.2 Å². The van der Waals surface area contributed by atoms with Gasteiger partial charge in [0.2, 0.25) is 5.95 Å². The van der Waals surface area contributed by atoms with E-state index in [4.69, 9.17) is 0 Å². The predicted molar refractivity (Wildman–Crippen MR) is 102 cm³/mol. The van der Waals surface area contributed by atoms with E-state index in [2.05, 4.69) is 59.9 Å². The number of hydrogen-bond acceptors (Lipinski definition) is 6. The minimum atomic E-state index is 0.417.